The molecule has 0 amide bonds. The van der Waals surface area contributed by atoms with Crippen LogP contribution in [0.3, 0.4) is 0 Å². The molecule has 0 fully saturated rings. The number of aryl methyl sites for hydroxylation is 2. The van der Waals surface area contributed by atoms with Crippen molar-refractivity contribution in [3.05, 3.63) is 69.6 Å². The predicted molar refractivity (Wildman–Crippen MR) is 124 cm³/mol. The van der Waals surface area contributed by atoms with Gasteiger partial charge in [-0.05, 0) is 104 Å². The minimum Gasteiger partial charge on any atom is -0.457 e. The summed E-state index contributed by atoms with van der Waals surface area (Å²) in [7, 11) is 1.96. The van der Waals surface area contributed by atoms with Crippen LogP contribution in [-0.2, 0) is 19.4 Å². The average Bonchev–Trinajstić information content (AvgIpc) is 2.99. The van der Waals surface area contributed by atoms with Gasteiger partial charge in [0.05, 0.1) is 0 Å². The molecule has 1 aliphatic rings. The Morgan fingerprint density at radius 3 is 2.45 bits per heavy atom. The quantitative estimate of drug-likeness (QED) is 0.490. The lowest BCUT2D eigenvalue weighted by atomic mass is 9.76. The van der Waals surface area contributed by atoms with Crippen molar-refractivity contribution in [3.8, 4) is 21.9 Å². The molecule has 29 heavy (non-hydrogen) atoms. The highest BCUT2D eigenvalue weighted by atomic mass is 32.1. The van der Waals surface area contributed by atoms with E-state index in [0.717, 1.165) is 18.0 Å². The highest BCUT2D eigenvalue weighted by Crippen LogP contribution is 2.45. The number of hydrogen-bond donors (Lipinski definition) is 1. The first-order valence-electron chi connectivity index (χ1n) is 10.5. The average molecular weight is 406 g/mol. The van der Waals surface area contributed by atoms with E-state index in [1.807, 2.05) is 30.5 Å². The number of thiophene rings is 1. The van der Waals surface area contributed by atoms with Gasteiger partial charge in [0, 0.05) is 16.3 Å². The fourth-order valence-corrected chi connectivity index (χ4v) is 5.70. The van der Waals surface area contributed by atoms with Gasteiger partial charge in [-0.2, -0.15) is 0 Å². The number of benzene rings is 2. The molecule has 0 aliphatic heterocycles. The van der Waals surface area contributed by atoms with Crippen molar-refractivity contribution in [3.63, 3.8) is 0 Å². The van der Waals surface area contributed by atoms with Crippen LogP contribution in [0.1, 0.15) is 47.4 Å². The Kier molecular flexibility index (Phi) is 5.54. The van der Waals surface area contributed by atoms with Crippen LogP contribution in [0.25, 0.3) is 10.4 Å². The molecule has 0 saturated heterocycles. The zero-order valence-electron chi connectivity index (χ0n) is 18.2. The van der Waals surface area contributed by atoms with E-state index >= 15 is 0 Å². The van der Waals surface area contributed by atoms with Gasteiger partial charge < -0.3 is 10.1 Å². The molecule has 0 unspecified atom stereocenters. The van der Waals surface area contributed by atoms with E-state index in [9.17, 15) is 0 Å². The van der Waals surface area contributed by atoms with Gasteiger partial charge in [0.1, 0.15) is 11.5 Å². The van der Waals surface area contributed by atoms with Crippen LogP contribution in [0, 0.1) is 19.3 Å². The summed E-state index contributed by atoms with van der Waals surface area (Å²) >= 11 is 2.00. The van der Waals surface area contributed by atoms with Crippen LogP contribution in [0.4, 0.5) is 0 Å². The lowest BCUT2D eigenvalue weighted by Gasteiger charge is -2.29. The van der Waals surface area contributed by atoms with Gasteiger partial charge in [-0.1, -0.05) is 26.0 Å². The first-order chi connectivity index (χ1) is 13.9. The molecule has 2 nitrogen and oxygen atoms in total. The van der Waals surface area contributed by atoms with Gasteiger partial charge in [-0.3, -0.25) is 0 Å². The number of hydrogen-bond acceptors (Lipinski definition) is 3. The summed E-state index contributed by atoms with van der Waals surface area (Å²) in [5.74, 6) is 1.77. The molecule has 1 aliphatic carbocycles. The molecule has 3 aromatic rings. The minimum absolute atomic E-state index is 0.422. The van der Waals surface area contributed by atoms with Crippen molar-refractivity contribution >= 4 is 11.3 Å². The third-order valence-corrected chi connectivity index (χ3v) is 7.45. The van der Waals surface area contributed by atoms with Crippen molar-refractivity contribution in [2.24, 2.45) is 5.41 Å². The molecule has 3 heteroatoms. The Balaban J connectivity index is 1.57. The summed E-state index contributed by atoms with van der Waals surface area (Å²) in [5, 5.41) is 3.17. The van der Waals surface area contributed by atoms with Gasteiger partial charge in [0.2, 0.25) is 0 Å². The van der Waals surface area contributed by atoms with Crippen LogP contribution in [0.2, 0.25) is 0 Å². The third-order valence-electron chi connectivity index (χ3n) is 6.02. The monoisotopic (exact) mass is 405 g/mol. The Bertz CT molecular complexity index is 1010. The Labute approximate surface area is 178 Å². The summed E-state index contributed by atoms with van der Waals surface area (Å²) in [6.07, 6.45) is 3.71. The standard InChI is InChI=1S/C26H31NOS/c1-17-14-21(28-20-8-6-19(7-9-20)16-27-5)10-11-22(17)25-18(2)23-15-26(3,4)13-12-24(23)29-25/h6-11,14,27H,12-13,15-16H2,1-5H3. The maximum absolute atomic E-state index is 6.10. The Morgan fingerprint density at radius 2 is 1.76 bits per heavy atom. The van der Waals surface area contributed by atoms with E-state index in [1.165, 1.54) is 46.4 Å². The molecule has 0 atom stereocenters. The maximum atomic E-state index is 6.10. The fourth-order valence-electron chi connectivity index (χ4n) is 4.29. The maximum Gasteiger partial charge on any atom is 0.127 e. The minimum atomic E-state index is 0.422. The summed E-state index contributed by atoms with van der Waals surface area (Å²) in [5.41, 5.74) is 7.38. The molecule has 0 spiro atoms. The number of fused-ring (bicyclic) bond motifs is 1. The first-order valence-corrected chi connectivity index (χ1v) is 11.3. The fraction of sp³-hybridized carbons (Fsp3) is 0.385. The highest BCUT2D eigenvalue weighted by molar-refractivity contribution is 7.16. The zero-order chi connectivity index (χ0) is 20.6. The number of nitrogens with one attached hydrogen (secondary N) is 1. The second-order valence-corrected chi connectivity index (χ2v) is 10.2. The molecule has 0 bridgehead atoms. The van der Waals surface area contributed by atoms with E-state index in [2.05, 4.69) is 63.3 Å². The van der Waals surface area contributed by atoms with Crippen LogP contribution in [-0.4, -0.2) is 7.05 Å². The third kappa shape index (κ3) is 4.26. The van der Waals surface area contributed by atoms with Crippen LogP contribution in [0.15, 0.2) is 42.5 Å². The zero-order valence-corrected chi connectivity index (χ0v) is 19.0. The first kappa shape index (κ1) is 20.2. The lowest BCUT2D eigenvalue weighted by molar-refractivity contribution is 0.317. The second-order valence-electron chi connectivity index (χ2n) is 9.05. The summed E-state index contributed by atoms with van der Waals surface area (Å²) in [4.78, 5) is 3.03. The van der Waals surface area contributed by atoms with E-state index in [1.54, 1.807) is 10.4 Å². The van der Waals surface area contributed by atoms with E-state index in [-0.39, 0.29) is 0 Å². The van der Waals surface area contributed by atoms with Gasteiger partial charge >= 0.3 is 0 Å². The molecule has 4 rings (SSSR count). The molecule has 0 radical (unpaired) electrons. The van der Waals surface area contributed by atoms with Gasteiger partial charge in [-0.15, -0.1) is 11.3 Å². The van der Waals surface area contributed by atoms with E-state index < -0.39 is 0 Å². The topological polar surface area (TPSA) is 21.3 Å². The summed E-state index contributed by atoms with van der Waals surface area (Å²) in [6, 6.07) is 14.8. The highest BCUT2D eigenvalue weighted by Gasteiger charge is 2.29. The van der Waals surface area contributed by atoms with Crippen molar-refractivity contribution in [2.45, 2.75) is 53.5 Å². The summed E-state index contributed by atoms with van der Waals surface area (Å²) < 4.78 is 6.10. The van der Waals surface area contributed by atoms with Crippen molar-refractivity contribution in [1.82, 2.24) is 5.32 Å². The predicted octanol–water partition coefficient (Wildman–Crippen LogP) is 7.06. The van der Waals surface area contributed by atoms with E-state index in [0.29, 0.717) is 5.41 Å². The Hall–Kier alpha value is -2.10. The lowest BCUT2D eigenvalue weighted by Crippen LogP contribution is -2.21. The number of rotatable bonds is 5. The van der Waals surface area contributed by atoms with Crippen molar-refractivity contribution in [1.29, 1.82) is 0 Å². The SMILES string of the molecule is CNCc1ccc(Oc2ccc(-c3sc4c(c3C)CC(C)(C)CC4)c(C)c2)cc1. The normalized spacial score (nSPS) is 15.2. The smallest absolute Gasteiger partial charge is 0.127 e. The molecular weight excluding hydrogens is 374 g/mol. The van der Waals surface area contributed by atoms with Crippen LogP contribution >= 0.6 is 11.3 Å². The summed E-state index contributed by atoms with van der Waals surface area (Å²) in [6.45, 7) is 10.2. The molecular formula is C26H31NOS. The molecule has 0 saturated carbocycles. The number of ether oxygens (including phenoxy) is 1. The van der Waals surface area contributed by atoms with Gasteiger partial charge in [0.15, 0.2) is 0 Å². The van der Waals surface area contributed by atoms with Crippen LogP contribution < -0.4 is 10.1 Å². The van der Waals surface area contributed by atoms with Crippen molar-refractivity contribution < 1.29 is 4.74 Å². The molecule has 1 N–H and O–H groups in total. The Morgan fingerprint density at radius 1 is 1.03 bits per heavy atom. The molecule has 1 aromatic heterocycles. The van der Waals surface area contributed by atoms with Gasteiger partial charge in [0.25, 0.3) is 0 Å². The van der Waals surface area contributed by atoms with Crippen LogP contribution in [0.5, 0.6) is 11.5 Å². The largest absolute Gasteiger partial charge is 0.457 e. The second kappa shape index (κ2) is 7.97. The molecule has 2 aromatic carbocycles. The van der Waals surface area contributed by atoms with Gasteiger partial charge in [-0.25, -0.2) is 0 Å². The van der Waals surface area contributed by atoms with Crippen molar-refractivity contribution in [2.75, 3.05) is 7.05 Å². The molecule has 152 valence electrons. The van der Waals surface area contributed by atoms with E-state index in [4.69, 9.17) is 4.74 Å². The molecule has 1 heterocycles.